The predicted molar refractivity (Wildman–Crippen MR) is 70.1 cm³/mol. The lowest BCUT2D eigenvalue weighted by molar-refractivity contribution is 0.616. The highest BCUT2D eigenvalue weighted by Gasteiger charge is 2.09. The number of para-hydroxylation sites is 1. The molecule has 7 heteroatoms. The van der Waals surface area contributed by atoms with Gasteiger partial charge in [0, 0.05) is 4.78 Å². The van der Waals surface area contributed by atoms with Gasteiger partial charge < -0.3 is 5.02 Å². The van der Waals surface area contributed by atoms with Crippen LogP contribution in [0.1, 0.15) is 0 Å². The van der Waals surface area contributed by atoms with E-state index in [4.69, 9.17) is 5.02 Å². The Morgan fingerprint density at radius 1 is 1.11 bits per heavy atom. The first kappa shape index (κ1) is 11.1. The molecule has 2 aromatic heterocycles. The van der Waals surface area contributed by atoms with Crippen molar-refractivity contribution in [2.75, 3.05) is 0 Å². The highest BCUT2D eigenvalue weighted by atomic mass is 32.1. The van der Waals surface area contributed by atoms with Gasteiger partial charge >= 0.3 is 7.48 Å². The Morgan fingerprint density at radius 3 is 2.67 bits per heavy atom. The number of tetrazole rings is 1. The second kappa shape index (κ2) is 4.71. The lowest BCUT2D eigenvalue weighted by Gasteiger charge is -1.95. The summed E-state index contributed by atoms with van der Waals surface area (Å²) in [6.07, 6.45) is 0. The van der Waals surface area contributed by atoms with E-state index in [9.17, 15) is 0 Å². The highest BCUT2D eigenvalue weighted by Crippen LogP contribution is 2.18. The number of thiophene rings is 1. The number of nitrogens with zero attached hydrogens (tertiary/aromatic N) is 4. The van der Waals surface area contributed by atoms with Crippen molar-refractivity contribution in [3.8, 4) is 16.4 Å². The summed E-state index contributed by atoms with van der Waals surface area (Å²) in [5.74, 6) is 0.553. The summed E-state index contributed by atoms with van der Waals surface area (Å²) in [4.78, 5) is 2.36. The molecule has 3 aromatic rings. The summed E-state index contributed by atoms with van der Waals surface area (Å²) < 4.78 is 0.765. The molecule has 0 aliphatic carbocycles. The van der Waals surface area contributed by atoms with E-state index in [0.29, 0.717) is 5.82 Å². The van der Waals surface area contributed by atoms with Gasteiger partial charge in [0.2, 0.25) is 5.82 Å². The lowest BCUT2D eigenvalue weighted by atomic mass is 10.0. The zero-order valence-corrected chi connectivity index (χ0v) is 10.1. The molecule has 0 atom stereocenters. The van der Waals surface area contributed by atoms with Crippen LogP contribution in [-0.4, -0.2) is 32.7 Å². The first-order valence-corrected chi connectivity index (χ1v) is 6.11. The van der Waals surface area contributed by atoms with Gasteiger partial charge in [0.05, 0.1) is 10.6 Å². The molecular formula is C11H8BN4OS. The first-order chi connectivity index (χ1) is 8.86. The molecule has 0 spiro atoms. The zero-order chi connectivity index (χ0) is 12.4. The van der Waals surface area contributed by atoms with Crippen LogP contribution in [-0.2, 0) is 0 Å². The van der Waals surface area contributed by atoms with E-state index in [0.717, 1.165) is 22.8 Å². The molecule has 0 saturated carbocycles. The minimum absolute atomic E-state index is 0.553. The maximum atomic E-state index is 8.90. The van der Waals surface area contributed by atoms with Crippen LogP contribution in [0.25, 0.3) is 16.4 Å². The Hall–Kier alpha value is -1.99. The predicted octanol–water partition coefficient (Wildman–Crippen LogP) is 0.628. The molecule has 0 unspecified atom stereocenters. The van der Waals surface area contributed by atoms with Crippen molar-refractivity contribution in [2.24, 2.45) is 0 Å². The Morgan fingerprint density at radius 2 is 1.94 bits per heavy atom. The highest BCUT2D eigenvalue weighted by molar-refractivity contribution is 7.23. The van der Waals surface area contributed by atoms with Gasteiger partial charge in [0.25, 0.3) is 0 Å². The Bertz CT molecular complexity index is 652. The van der Waals surface area contributed by atoms with Crippen molar-refractivity contribution >= 4 is 23.6 Å². The van der Waals surface area contributed by atoms with E-state index in [2.05, 4.69) is 15.4 Å². The van der Waals surface area contributed by atoms with Gasteiger partial charge in [-0.05, 0) is 23.4 Å². The van der Waals surface area contributed by atoms with Crippen molar-refractivity contribution in [2.45, 2.75) is 0 Å². The molecule has 1 aromatic carbocycles. The van der Waals surface area contributed by atoms with Crippen LogP contribution in [0.3, 0.4) is 0 Å². The van der Waals surface area contributed by atoms with Crippen molar-refractivity contribution in [1.82, 2.24) is 20.2 Å². The van der Waals surface area contributed by atoms with Gasteiger partial charge in [0.15, 0.2) is 0 Å². The Kier molecular flexibility index (Phi) is 2.91. The number of aromatic nitrogens is 4. The Labute approximate surface area is 108 Å². The van der Waals surface area contributed by atoms with Crippen LogP contribution in [0.5, 0.6) is 0 Å². The molecule has 1 N–H and O–H groups in total. The van der Waals surface area contributed by atoms with Crippen LogP contribution in [0, 0.1) is 0 Å². The molecule has 0 fully saturated rings. The van der Waals surface area contributed by atoms with Crippen LogP contribution < -0.4 is 4.78 Å². The fourth-order valence-corrected chi connectivity index (χ4v) is 2.28. The quantitative estimate of drug-likeness (QED) is 0.697. The van der Waals surface area contributed by atoms with Gasteiger partial charge in [-0.3, -0.25) is 0 Å². The third-order valence-electron chi connectivity index (χ3n) is 2.38. The summed E-state index contributed by atoms with van der Waals surface area (Å²) in [7, 11) is 1.07. The second-order valence-corrected chi connectivity index (χ2v) is 4.68. The van der Waals surface area contributed by atoms with Crippen molar-refractivity contribution in [3.63, 3.8) is 0 Å². The van der Waals surface area contributed by atoms with E-state index in [1.807, 2.05) is 42.5 Å². The van der Waals surface area contributed by atoms with E-state index in [-0.39, 0.29) is 0 Å². The average Bonchev–Trinajstić information content (AvgIpc) is 3.08. The fourth-order valence-electron chi connectivity index (χ4n) is 1.53. The lowest BCUT2D eigenvalue weighted by Crippen LogP contribution is -2.06. The Balaban J connectivity index is 1.94. The molecule has 87 valence electrons. The molecule has 0 aliphatic rings. The van der Waals surface area contributed by atoms with Crippen LogP contribution in [0.15, 0.2) is 42.5 Å². The molecule has 0 aliphatic heterocycles. The molecule has 18 heavy (non-hydrogen) atoms. The fraction of sp³-hybridized carbons (Fsp3) is 0. The van der Waals surface area contributed by atoms with Crippen molar-refractivity contribution in [1.29, 1.82) is 0 Å². The molecular weight excluding hydrogens is 247 g/mol. The monoisotopic (exact) mass is 255 g/mol. The standard InChI is InChI=1S/C11H8BN4OS/c17-12-10-7-6-9(18-10)11-13-15-16(14-11)8-4-2-1-3-5-8/h1-7,17H. The summed E-state index contributed by atoms with van der Waals surface area (Å²) in [6.45, 7) is 0. The van der Waals surface area contributed by atoms with Crippen LogP contribution >= 0.6 is 11.3 Å². The van der Waals surface area contributed by atoms with Gasteiger partial charge in [0.1, 0.15) is 0 Å². The van der Waals surface area contributed by atoms with E-state index in [1.54, 1.807) is 0 Å². The summed E-state index contributed by atoms with van der Waals surface area (Å²) in [5, 5.41) is 21.2. The normalized spacial score (nSPS) is 10.5. The van der Waals surface area contributed by atoms with Crippen molar-refractivity contribution in [3.05, 3.63) is 42.5 Å². The first-order valence-electron chi connectivity index (χ1n) is 5.30. The van der Waals surface area contributed by atoms with E-state index in [1.165, 1.54) is 16.1 Å². The van der Waals surface area contributed by atoms with Gasteiger partial charge in [-0.25, -0.2) is 0 Å². The largest absolute Gasteiger partial charge is 0.449 e. The summed E-state index contributed by atoms with van der Waals surface area (Å²) in [6, 6.07) is 13.3. The van der Waals surface area contributed by atoms with E-state index >= 15 is 0 Å². The second-order valence-electron chi connectivity index (χ2n) is 3.57. The SMILES string of the molecule is O[B]c1ccc(-c2nnn(-c3ccccc3)n2)s1. The molecule has 1 radical (unpaired) electrons. The van der Waals surface area contributed by atoms with Gasteiger partial charge in [-0.15, -0.1) is 26.3 Å². The topological polar surface area (TPSA) is 63.8 Å². The molecule has 0 amide bonds. The zero-order valence-electron chi connectivity index (χ0n) is 9.26. The minimum atomic E-state index is 0.553. The molecule has 0 bridgehead atoms. The average molecular weight is 255 g/mol. The number of hydrogen-bond donors (Lipinski definition) is 1. The van der Waals surface area contributed by atoms with Crippen LogP contribution in [0.2, 0.25) is 0 Å². The number of benzene rings is 1. The number of rotatable bonds is 3. The molecule has 2 heterocycles. The summed E-state index contributed by atoms with van der Waals surface area (Å²) in [5.41, 5.74) is 0.863. The molecule has 3 rings (SSSR count). The smallest absolute Gasteiger partial charge is 0.337 e. The van der Waals surface area contributed by atoms with E-state index < -0.39 is 0 Å². The van der Waals surface area contributed by atoms with Gasteiger partial charge in [-0.2, -0.15) is 0 Å². The third-order valence-corrected chi connectivity index (χ3v) is 3.39. The third kappa shape index (κ3) is 2.05. The molecule has 0 saturated heterocycles. The summed E-state index contributed by atoms with van der Waals surface area (Å²) >= 11 is 1.41. The van der Waals surface area contributed by atoms with Crippen LogP contribution in [0.4, 0.5) is 0 Å². The minimum Gasteiger partial charge on any atom is -0.449 e. The van der Waals surface area contributed by atoms with Gasteiger partial charge in [-0.1, -0.05) is 24.3 Å². The maximum absolute atomic E-state index is 8.90. The number of hydrogen-bond acceptors (Lipinski definition) is 5. The maximum Gasteiger partial charge on any atom is 0.337 e. The van der Waals surface area contributed by atoms with Crippen molar-refractivity contribution < 1.29 is 5.02 Å². The molecule has 5 nitrogen and oxygen atoms in total.